The number of hydrogen-bond acceptors (Lipinski definition) is 0. The number of rotatable bonds is 0. The third kappa shape index (κ3) is 2.47. The molecule has 0 nitrogen and oxygen atoms in total. The van der Waals surface area contributed by atoms with Crippen LogP contribution in [0.3, 0.4) is 0 Å². The van der Waals surface area contributed by atoms with Crippen molar-refractivity contribution in [3.63, 3.8) is 0 Å². The van der Waals surface area contributed by atoms with Crippen LogP contribution in [0.1, 0.15) is 65.2 Å². The maximum Gasteiger partial charge on any atom is 0.0339 e. The summed E-state index contributed by atoms with van der Waals surface area (Å²) in [7, 11) is 0. The first-order chi connectivity index (χ1) is 14.6. The fraction of sp³-hybridized carbons (Fsp3) is 0.655. The highest BCUT2D eigenvalue weighted by Crippen LogP contribution is 2.74. The lowest BCUT2D eigenvalue weighted by atomic mass is 9.42. The van der Waals surface area contributed by atoms with Crippen molar-refractivity contribution in [2.24, 2.45) is 46.3 Å². The van der Waals surface area contributed by atoms with E-state index in [1.54, 1.807) is 5.57 Å². The average Bonchev–Trinajstić information content (AvgIpc) is 2.88. The minimum atomic E-state index is 0.291. The van der Waals surface area contributed by atoms with Crippen LogP contribution < -0.4 is 0 Å². The highest BCUT2D eigenvalue weighted by atomic mass is 35.5. The topological polar surface area (TPSA) is 0 Å². The lowest BCUT2D eigenvalue weighted by Gasteiger charge is -2.61. The fourth-order valence-electron chi connectivity index (χ4n) is 9.51. The minimum Gasteiger partial charge on any atom is -0.123 e. The second-order valence-electron chi connectivity index (χ2n) is 11.6. The predicted molar refractivity (Wildman–Crippen MR) is 127 cm³/mol. The van der Waals surface area contributed by atoms with E-state index in [-0.39, 0.29) is 0 Å². The smallest absolute Gasteiger partial charge is 0.0339 e. The van der Waals surface area contributed by atoms with E-state index in [1.165, 1.54) is 44.9 Å². The third-order valence-corrected chi connectivity index (χ3v) is 10.7. The van der Waals surface area contributed by atoms with Crippen LogP contribution in [0.15, 0.2) is 59.8 Å². The van der Waals surface area contributed by atoms with Gasteiger partial charge >= 0.3 is 0 Å². The Kier molecular flexibility index (Phi) is 4.58. The zero-order valence-electron chi connectivity index (χ0n) is 18.7. The molecule has 30 heavy (non-hydrogen) atoms. The summed E-state index contributed by atoms with van der Waals surface area (Å²) in [4.78, 5) is 0. The molecule has 0 aromatic carbocycles. The fourth-order valence-corrected chi connectivity index (χ4v) is 9.84. The van der Waals surface area contributed by atoms with Crippen molar-refractivity contribution in [1.82, 2.24) is 0 Å². The Hall–Kier alpha value is -1.01. The molecule has 0 N–H and O–H groups in total. The third-order valence-electron chi connectivity index (χ3n) is 10.4. The van der Waals surface area contributed by atoms with Gasteiger partial charge in [0.15, 0.2) is 0 Å². The van der Waals surface area contributed by atoms with Gasteiger partial charge in [-0.2, -0.15) is 0 Å². The molecule has 0 saturated heterocycles. The quantitative estimate of drug-likeness (QED) is 0.348. The lowest BCUT2D eigenvalue weighted by Crippen LogP contribution is -2.54. The molecule has 7 unspecified atom stereocenters. The first-order valence-electron chi connectivity index (χ1n) is 12.6. The number of alkyl halides is 1. The number of hydrogen-bond donors (Lipinski definition) is 0. The number of fused-ring (bicyclic) bond motifs is 8. The van der Waals surface area contributed by atoms with Gasteiger partial charge in [-0.25, -0.2) is 0 Å². The van der Waals surface area contributed by atoms with Gasteiger partial charge in [0.2, 0.25) is 0 Å². The summed E-state index contributed by atoms with van der Waals surface area (Å²) in [6.45, 7) is 5.15. The van der Waals surface area contributed by atoms with E-state index in [1.807, 2.05) is 5.57 Å². The van der Waals surface area contributed by atoms with Gasteiger partial charge in [0.1, 0.15) is 0 Å². The standard InChI is InChI=1S/C29H37Cl/c1-28(2)24-12-4-3-5-14-26(24)29(27-15-9-8-13-25(27)28)22-11-7-6-10-20(22)21-18-19(30)16-17-23(21)29/h3-7,10-12,19-23,25,27H,8-9,13-18H2,1-2H3/t19?,20?,21?,22-,23?,25?,27?,29?/m1/s1. The van der Waals surface area contributed by atoms with Gasteiger partial charge in [0.05, 0.1) is 0 Å². The summed E-state index contributed by atoms with van der Waals surface area (Å²) in [6, 6.07) is 0. The SMILES string of the molecule is CC1(C)C2=C(CC=CC=C2)C2(C3CCC(Cl)CC3C3C=CC=C[C@H]32)C2CCCCC21. The van der Waals surface area contributed by atoms with Gasteiger partial charge in [-0.15, -0.1) is 11.6 Å². The van der Waals surface area contributed by atoms with E-state index in [0.717, 1.165) is 30.1 Å². The maximum absolute atomic E-state index is 6.81. The van der Waals surface area contributed by atoms with Crippen molar-refractivity contribution in [1.29, 1.82) is 0 Å². The molecule has 0 amide bonds. The van der Waals surface area contributed by atoms with Crippen molar-refractivity contribution >= 4 is 11.6 Å². The Balaban J connectivity index is 1.63. The zero-order chi connectivity index (χ0) is 20.5. The molecule has 1 heteroatoms. The largest absolute Gasteiger partial charge is 0.123 e. The molecule has 0 bridgehead atoms. The highest BCUT2D eigenvalue weighted by Gasteiger charge is 2.68. The van der Waals surface area contributed by atoms with E-state index in [2.05, 4.69) is 62.5 Å². The van der Waals surface area contributed by atoms with Crippen LogP contribution in [0.4, 0.5) is 0 Å². The monoisotopic (exact) mass is 420 g/mol. The molecule has 3 saturated carbocycles. The molecular formula is C29H37Cl. The van der Waals surface area contributed by atoms with Crippen molar-refractivity contribution in [2.75, 3.05) is 0 Å². The van der Waals surface area contributed by atoms with Gasteiger partial charge < -0.3 is 0 Å². The molecule has 0 heterocycles. The molecule has 160 valence electrons. The molecule has 0 aliphatic heterocycles. The first kappa shape index (κ1) is 19.7. The molecule has 0 radical (unpaired) electrons. The van der Waals surface area contributed by atoms with Crippen molar-refractivity contribution in [2.45, 2.75) is 70.6 Å². The van der Waals surface area contributed by atoms with Crippen molar-refractivity contribution in [3.8, 4) is 0 Å². The number of allylic oxidation sites excluding steroid dienone is 10. The van der Waals surface area contributed by atoms with Gasteiger partial charge in [0.25, 0.3) is 0 Å². The first-order valence-corrected chi connectivity index (χ1v) is 13.1. The lowest BCUT2D eigenvalue weighted by molar-refractivity contribution is -0.0396. The van der Waals surface area contributed by atoms with Crippen LogP contribution in [0, 0.1) is 46.3 Å². The molecule has 3 fully saturated rings. The van der Waals surface area contributed by atoms with E-state index in [4.69, 9.17) is 11.6 Å². The second kappa shape index (κ2) is 6.99. The van der Waals surface area contributed by atoms with Crippen molar-refractivity contribution < 1.29 is 0 Å². The summed E-state index contributed by atoms with van der Waals surface area (Å²) in [5.41, 5.74) is 4.17. The van der Waals surface area contributed by atoms with Crippen LogP contribution in [-0.2, 0) is 0 Å². The van der Waals surface area contributed by atoms with Crippen LogP contribution in [0.25, 0.3) is 0 Å². The van der Waals surface area contributed by atoms with Crippen LogP contribution in [-0.4, -0.2) is 5.38 Å². The Morgan fingerprint density at radius 3 is 2.53 bits per heavy atom. The predicted octanol–water partition coefficient (Wildman–Crippen LogP) is 8.03. The van der Waals surface area contributed by atoms with E-state index in [0.29, 0.717) is 28.0 Å². The summed E-state index contributed by atoms with van der Waals surface area (Å²) in [5, 5.41) is 0.380. The van der Waals surface area contributed by atoms with Crippen LogP contribution >= 0.6 is 11.6 Å². The van der Waals surface area contributed by atoms with Gasteiger partial charge in [-0.1, -0.05) is 80.9 Å². The summed E-state index contributed by atoms with van der Waals surface area (Å²) >= 11 is 6.81. The maximum atomic E-state index is 6.81. The van der Waals surface area contributed by atoms with E-state index in [9.17, 15) is 0 Å². The molecule has 0 aromatic heterocycles. The Morgan fingerprint density at radius 2 is 1.67 bits per heavy atom. The van der Waals surface area contributed by atoms with Gasteiger partial charge in [0, 0.05) is 10.8 Å². The molecular weight excluding hydrogens is 384 g/mol. The Labute approximate surface area is 188 Å². The Morgan fingerprint density at radius 1 is 0.867 bits per heavy atom. The molecule has 6 rings (SSSR count). The Bertz CT molecular complexity index is 867. The normalized spacial score (nSPS) is 48.2. The highest BCUT2D eigenvalue weighted by molar-refractivity contribution is 6.20. The van der Waals surface area contributed by atoms with Crippen molar-refractivity contribution in [3.05, 3.63) is 59.8 Å². The molecule has 6 aliphatic carbocycles. The molecule has 0 aromatic rings. The summed E-state index contributed by atoms with van der Waals surface area (Å²) in [6.07, 6.45) is 30.2. The molecule has 8 atom stereocenters. The van der Waals surface area contributed by atoms with E-state index < -0.39 is 0 Å². The van der Waals surface area contributed by atoms with Crippen LogP contribution in [0.5, 0.6) is 0 Å². The van der Waals surface area contributed by atoms with Crippen LogP contribution in [0.2, 0.25) is 0 Å². The zero-order valence-corrected chi connectivity index (χ0v) is 19.5. The molecule has 6 aliphatic rings. The summed E-state index contributed by atoms with van der Waals surface area (Å²) in [5.74, 6) is 4.59. The minimum absolute atomic E-state index is 0.291. The van der Waals surface area contributed by atoms with Gasteiger partial charge in [-0.05, 0) is 85.0 Å². The summed E-state index contributed by atoms with van der Waals surface area (Å²) < 4.78 is 0. The van der Waals surface area contributed by atoms with Gasteiger partial charge in [-0.3, -0.25) is 0 Å². The van der Waals surface area contributed by atoms with E-state index >= 15 is 0 Å². The second-order valence-corrected chi connectivity index (χ2v) is 12.2. The average molecular weight is 421 g/mol. The molecule has 1 spiro atoms. The number of halogens is 1.